The number of benzene rings is 1. The van der Waals surface area contributed by atoms with Gasteiger partial charge in [-0.15, -0.1) is 0 Å². The molecule has 0 atom stereocenters. The van der Waals surface area contributed by atoms with Crippen LogP contribution in [-0.2, 0) is 22.2 Å². The van der Waals surface area contributed by atoms with E-state index in [1.54, 1.807) is 10.9 Å². The monoisotopic (exact) mass is 497 g/mol. The molecular weight excluding hydrogens is 466 g/mol. The number of hydrogen-bond acceptors (Lipinski definition) is 6. The Morgan fingerprint density at radius 3 is 2.59 bits per heavy atom. The molecular formula is C28H31N7O2. The molecule has 0 bridgehead atoms. The van der Waals surface area contributed by atoms with Gasteiger partial charge in [0.1, 0.15) is 5.39 Å². The maximum Gasteiger partial charge on any atom is 0.278 e. The maximum atomic E-state index is 13.4. The standard InChI is InChI=1S/C28H31N7O2/c1-27(2,3)21-7-6-8-22(31-21)35-24-19(25(37)34(35)18-10-11-18)15-29-26(32-24)30-17-9-12-20-16(13-17)14-23(36)33-28(20,4)5/h6-9,12-13,15,18H,10-11,14H2,1-5H3,(H,33,36)(H,29,30,32). The van der Waals surface area contributed by atoms with E-state index in [-0.39, 0.29) is 22.9 Å². The number of carbonyl (C=O) groups excluding carboxylic acids is 1. The van der Waals surface area contributed by atoms with Crippen LogP contribution in [0.4, 0.5) is 11.6 Å². The lowest BCUT2D eigenvalue weighted by Gasteiger charge is -2.33. The molecule has 4 heterocycles. The van der Waals surface area contributed by atoms with Crippen molar-refractivity contribution in [3.05, 3.63) is 69.8 Å². The summed E-state index contributed by atoms with van der Waals surface area (Å²) in [6.07, 6.45) is 3.82. The van der Waals surface area contributed by atoms with Crippen LogP contribution in [0.2, 0.25) is 0 Å². The molecule has 1 saturated carbocycles. The third kappa shape index (κ3) is 4.08. The summed E-state index contributed by atoms with van der Waals surface area (Å²) in [5, 5.41) is 6.77. The second-order valence-corrected chi connectivity index (χ2v) is 11.6. The first kappa shape index (κ1) is 23.4. The number of carbonyl (C=O) groups is 1. The smallest absolute Gasteiger partial charge is 0.278 e. The number of pyridine rings is 1. The molecule has 1 fully saturated rings. The van der Waals surface area contributed by atoms with Gasteiger partial charge in [0, 0.05) is 23.0 Å². The van der Waals surface area contributed by atoms with E-state index in [2.05, 4.69) is 36.4 Å². The maximum absolute atomic E-state index is 13.4. The predicted molar refractivity (Wildman–Crippen MR) is 142 cm³/mol. The lowest BCUT2D eigenvalue weighted by atomic mass is 9.85. The van der Waals surface area contributed by atoms with E-state index in [4.69, 9.17) is 9.97 Å². The molecule has 4 aromatic rings. The van der Waals surface area contributed by atoms with Gasteiger partial charge in [-0.05, 0) is 62.1 Å². The molecule has 1 aliphatic heterocycles. The second-order valence-electron chi connectivity index (χ2n) is 11.6. The van der Waals surface area contributed by atoms with Crippen LogP contribution in [0.5, 0.6) is 0 Å². The normalized spacial score (nSPS) is 16.9. The predicted octanol–water partition coefficient (Wildman–Crippen LogP) is 4.26. The molecule has 9 heteroatoms. The number of nitrogens with zero attached hydrogens (tertiary/aromatic N) is 5. The fraction of sp³-hybridized carbons (Fsp3) is 0.393. The zero-order valence-corrected chi connectivity index (χ0v) is 21.8. The molecule has 190 valence electrons. The number of amides is 1. The van der Waals surface area contributed by atoms with Gasteiger partial charge in [-0.2, -0.15) is 4.98 Å². The van der Waals surface area contributed by atoms with Gasteiger partial charge in [0.05, 0.1) is 18.0 Å². The van der Waals surface area contributed by atoms with Crippen molar-refractivity contribution in [1.82, 2.24) is 29.6 Å². The van der Waals surface area contributed by atoms with E-state index in [0.717, 1.165) is 35.3 Å². The van der Waals surface area contributed by atoms with Gasteiger partial charge in [0.2, 0.25) is 11.9 Å². The molecule has 0 spiro atoms. The Morgan fingerprint density at radius 1 is 1.08 bits per heavy atom. The van der Waals surface area contributed by atoms with Crippen LogP contribution in [0.1, 0.15) is 70.3 Å². The van der Waals surface area contributed by atoms with Crippen LogP contribution in [0.3, 0.4) is 0 Å². The van der Waals surface area contributed by atoms with Gasteiger partial charge in [-0.25, -0.2) is 19.3 Å². The first-order valence-electron chi connectivity index (χ1n) is 12.7. The summed E-state index contributed by atoms with van der Waals surface area (Å²) in [4.78, 5) is 39.8. The van der Waals surface area contributed by atoms with Crippen LogP contribution in [0.25, 0.3) is 16.9 Å². The summed E-state index contributed by atoms with van der Waals surface area (Å²) in [5.74, 6) is 1.04. The Balaban J connectivity index is 1.44. The van der Waals surface area contributed by atoms with Crippen molar-refractivity contribution in [3.63, 3.8) is 0 Å². The zero-order chi connectivity index (χ0) is 26.1. The molecule has 6 rings (SSSR count). The number of rotatable bonds is 4. The molecule has 0 saturated heterocycles. The number of aromatic nitrogens is 5. The van der Waals surface area contributed by atoms with Crippen LogP contribution in [0.15, 0.2) is 47.4 Å². The van der Waals surface area contributed by atoms with E-state index in [1.165, 1.54) is 0 Å². The molecule has 37 heavy (non-hydrogen) atoms. The highest BCUT2D eigenvalue weighted by Gasteiger charge is 2.32. The van der Waals surface area contributed by atoms with Gasteiger partial charge >= 0.3 is 0 Å². The van der Waals surface area contributed by atoms with E-state index in [0.29, 0.717) is 29.2 Å². The topological polar surface area (TPSA) is 107 Å². The number of fused-ring (bicyclic) bond motifs is 2. The van der Waals surface area contributed by atoms with Gasteiger partial charge in [-0.3, -0.25) is 9.59 Å². The van der Waals surface area contributed by atoms with E-state index >= 15 is 0 Å². The third-order valence-electron chi connectivity index (χ3n) is 7.07. The Morgan fingerprint density at radius 2 is 1.86 bits per heavy atom. The molecule has 1 aliphatic carbocycles. The minimum absolute atomic E-state index is 0.00254. The van der Waals surface area contributed by atoms with Crippen molar-refractivity contribution < 1.29 is 4.79 Å². The van der Waals surface area contributed by atoms with Crippen molar-refractivity contribution in [2.45, 2.75) is 70.9 Å². The van der Waals surface area contributed by atoms with Crippen molar-refractivity contribution in [1.29, 1.82) is 0 Å². The number of nitrogens with one attached hydrogen (secondary N) is 2. The second kappa shape index (κ2) is 7.99. The lowest BCUT2D eigenvalue weighted by molar-refractivity contribution is -0.122. The Bertz CT molecular complexity index is 1620. The summed E-state index contributed by atoms with van der Waals surface area (Å²) in [6, 6.07) is 12.0. The van der Waals surface area contributed by atoms with E-state index in [9.17, 15) is 9.59 Å². The summed E-state index contributed by atoms with van der Waals surface area (Å²) in [7, 11) is 0. The minimum Gasteiger partial charge on any atom is -0.347 e. The minimum atomic E-state index is -0.422. The Hall–Kier alpha value is -4.01. The van der Waals surface area contributed by atoms with Crippen LogP contribution >= 0.6 is 0 Å². The molecule has 0 radical (unpaired) electrons. The highest BCUT2D eigenvalue weighted by molar-refractivity contribution is 5.83. The summed E-state index contributed by atoms with van der Waals surface area (Å²) >= 11 is 0. The fourth-order valence-corrected chi connectivity index (χ4v) is 5.08. The Labute approximate surface area is 214 Å². The summed E-state index contributed by atoms with van der Waals surface area (Å²) < 4.78 is 3.62. The number of hydrogen-bond donors (Lipinski definition) is 2. The van der Waals surface area contributed by atoms with Crippen LogP contribution < -0.4 is 16.2 Å². The van der Waals surface area contributed by atoms with Gasteiger partial charge < -0.3 is 10.6 Å². The summed E-state index contributed by atoms with van der Waals surface area (Å²) in [5.41, 5.74) is 3.65. The van der Waals surface area contributed by atoms with Crippen molar-refractivity contribution in [3.8, 4) is 5.82 Å². The molecule has 2 N–H and O–H groups in total. The highest BCUT2D eigenvalue weighted by Crippen LogP contribution is 2.36. The summed E-state index contributed by atoms with van der Waals surface area (Å²) in [6.45, 7) is 10.4. The average molecular weight is 498 g/mol. The average Bonchev–Trinajstić information content (AvgIpc) is 3.61. The SMILES string of the molecule is CC(C)(C)c1cccc(-n2c3nc(Nc4ccc5c(c4)CC(=O)NC5(C)C)ncc3c(=O)n2C2CC2)n1. The van der Waals surface area contributed by atoms with E-state index in [1.807, 2.05) is 54.9 Å². The first-order valence-corrected chi connectivity index (χ1v) is 12.7. The molecule has 3 aromatic heterocycles. The van der Waals surface area contributed by atoms with Crippen LogP contribution in [0, 0.1) is 0 Å². The molecule has 1 aromatic carbocycles. The third-order valence-corrected chi connectivity index (χ3v) is 7.07. The molecule has 0 unspecified atom stereocenters. The molecule has 9 nitrogen and oxygen atoms in total. The van der Waals surface area contributed by atoms with Crippen molar-refractivity contribution in [2.75, 3.05) is 5.32 Å². The lowest BCUT2D eigenvalue weighted by Crippen LogP contribution is -2.46. The zero-order valence-electron chi connectivity index (χ0n) is 21.8. The van der Waals surface area contributed by atoms with Gasteiger partial charge in [-0.1, -0.05) is 32.9 Å². The highest BCUT2D eigenvalue weighted by atomic mass is 16.2. The van der Waals surface area contributed by atoms with Gasteiger partial charge in [0.15, 0.2) is 11.5 Å². The van der Waals surface area contributed by atoms with E-state index < -0.39 is 5.54 Å². The number of anilines is 2. The Kier molecular flexibility index (Phi) is 5.05. The van der Waals surface area contributed by atoms with Crippen molar-refractivity contribution in [2.24, 2.45) is 0 Å². The molecule has 2 aliphatic rings. The fourth-order valence-electron chi connectivity index (χ4n) is 5.08. The molecule has 1 amide bonds. The van der Waals surface area contributed by atoms with Crippen molar-refractivity contribution >= 4 is 28.6 Å². The largest absolute Gasteiger partial charge is 0.347 e. The quantitative estimate of drug-likeness (QED) is 0.436. The first-order chi connectivity index (χ1) is 17.5. The van der Waals surface area contributed by atoms with Gasteiger partial charge in [0.25, 0.3) is 5.56 Å². The van der Waals surface area contributed by atoms with Crippen LogP contribution in [-0.4, -0.2) is 30.2 Å².